The maximum absolute atomic E-state index is 12.6. The van der Waals surface area contributed by atoms with E-state index in [0.29, 0.717) is 0 Å². The highest BCUT2D eigenvalue weighted by Crippen LogP contribution is 2.26. The average molecular weight is 392 g/mol. The second-order valence-corrected chi connectivity index (χ2v) is 6.68. The standard InChI is InChI=1S/C22H24N4O3/c1-25(2)21(27)13-14-23-22(28)19-15-20(16-9-11-18(29-3)12-10-16)26(24-19)17-7-5-4-6-8-17/h4-12,15H,13-14H2,1-3H3,(H,23,28). The van der Waals surface area contributed by atoms with Crippen molar-refractivity contribution in [1.29, 1.82) is 0 Å². The first-order valence-corrected chi connectivity index (χ1v) is 9.28. The van der Waals surface area contributed by atoms with Crippen LogP contribution >= 0.6 is 0 Å². The van der Waals surface area contributed by atoms with Gasteiger partial charge in [0.1, 0.15) is 5.75 Å². The Hall–Kier alpha value is -3.61. The van der Waals surface area contributed by atoms with E-state index in [1.54, 1.807) is 32.0 Å². The fourth-order valence-corrected chi connectivity index (χ4v) is 2.82. The van der Waals surface area contributed by atoms with Gasteiger partial charge >= 0.3 is 0 Å². The molecule has 0 saturated heterocycles. The normalized spacial score (nSPS) is 10.4. The largest absolute Gasteiger partial charge is 0.497 e. The summed E-state index contributed by atoms with van der Waals surface area (Å²) in [5.41, 5.74) is 2.83. The Labute approximate surface area is 169 Å². The van der Waals surface area contributed by atoms with Crippen molar-refractivity contribution in [2.45, 2.75) is 6.42 Å². The van der Waals surface area contributed by atoms with Gasteiger partial charge in [-0.25, -0.2) is 4.68 Å². The van der Waals surface area contributed by atoms with E-state index >= 15 is 0 Å². The minimum atomic E-state index is -0.319. The molecule has 0 unspecified atom stereocenters. The van der Waals surface area contributed by atoms with Gasteiger partial charge in [0.15, 0.2) is 5.69 Å². The summed E-state index contributed by atoms with van der Waals surface area (Å²) in [5, 5.41) is 7.27. The fourth-order valence-electron chi connectivity index (χ4n) is 2.82. The van der Waals surface area contributed by atoms with Crippen molar-refractivity contribution in [2.75, 3.05) is 27.7 Å². The van der Waals surface area contributed by atoms with Crippen LogP contribution in [0.3, 0.4) is 0 Å². The summed E-state index contributed by atoms with van der Waals surface area (Å²) in [6.45, 7) is 0.256. The molecule has 0 saturated carbocycles. The first-order chi connectivity index (χ1) is 14.0. The summed E-state index contributed by atoms with van der Waals surface area (Å²) in [6, 6.07) is 18.9. The van der Waals surface area contributed by atoms with E-state index in [1.165, 1.54) is 4.90 Å². The van der Waals surface area contributed by atoms with Crippen molar-refractivity contribution in [3.63, 3.8) is 0 Å². The molecule has 0 bridgehead atoms. The topological polar surface area (TPSA) is 76.5 Å². The lowest BCUT2D eigenvalue weighted by Gasteiger charge is -2.09. The molecule has 1 heterocycles. The first kappa shape index (κ1) is 20.1. The van der Waals surface area contributed by atoms with Crippen molar-refractivity contribution >= 4 is 11.8 Å². The monoisotopic (exact) mass is 392 g/mol. The van der Waals surface area contributed by atoms with Crippen LogP contribution in [-0.4, -0.2) is 54.2 Å². The van der Waals surface area contributed by atoms with Crippen LogP contribution < -0.4 is 10.1 Å². The van der Waals surface area contributed by atoms with Crippen LogP contribution in [0.5, 0.6) is 5.75 Å². The zero-order chi connectivity index (χ0) is 20.8. The molecule has 2 aromatic carbocycles. The second kappa shape index (κ2) is 9.05. The lowest BCUT2D eigenvalue weighted by atomic mass is 10.1. The number of rotatable bonds is 7. The Kier molecular flexibility index (Phi) is 6.29. The zero-order valence-corrected chi connectivity index (χ0v) is 16.8. The highest BCUT2D eigenvalue weighted by atomic mass is 16.5. The molecule has 1 aromatic heterocycles. The molecule has 3 aromatic rings. The number of para-hydroxylation sites is 1. The van der Waals surface area contributed by atoms with Crippen molar-refractivity contribution in [3.05, 3.63) is 66.4 Å². The van der Waals surface area contributed by atoms with Crippen molar-refractivity contribution in [2.24, 2.45) is 0 Å². The molecule has 0 radical (unpaired) electrons. The van der Waals surface area contributed by atoms with Crippen LogP contribution in [0.15, 0.2) is 60.7 Å². The minimum Gasteiger partial charge on any atom is -0.497 e. The molecule has 0 atom stereocenters. The minimum absolute atomic E-state index is 0.0426. The van der Waals surface area contributed by atoms with Gasteiger partial charge in [0, 0.05) is 32.6 Å². The van der Waals surface area contributed by atoms with E-state index in [0.717, 1.165) is 22.7 Å². The van der Waals surface area contributed by atoms with Crippen molar-refractivity contribution in [3.8, 4) is 22.7 Å². The molecule has 7 nitrogen and oxygen atoms in total. The summed E-state index contributed by atoms with van der Waals surface area (Å²) < 4.78 is 6.96. The lowest BCUT2D eigenvalue weighted by Crippen LogP contribution is -2.30. The maximum atomic E-state index is 12.6. The fraction of sp³-hybridized carbons (Fsp3) is 0.227. The van der Waals surface area contributed by atoms with E-state index in [9.17, 15) is 9.59 Å². The Balaban J connectivity index is 1.88. The third-order valence-electron chi connectivity index (χ3n) is 4.45. The summed E-state index contributed by atoms with van der Waals surface area (Å²) in [6.07, 6.45) is 0.240. The number of nitrogens with one attached hydrogen (secondary N) is 1. The summed E-state index contributed by atoms with van der Waals surface area (Å²) in [7, 11) is 4.99. The third kappa shape index (κ3) is 4.82. The van der Waals surface area contributed by atoms with Crippen molar-refractivity contribution < 1.29 is 14.3 Å². The number of aromatic nitrogens is 2. The second-order valence-electron chi connectivity index (χ2n) is 6.68. The number of hydrogen-bond donors (Lipinski definition) is 1. The number of benzene rings is 2. The number of hydrogen-bond acceptors (Lipinski definition) is 4. The summed E-state index contributed by atoms with van der Waals surface area (Å²) in [5.74, 6) is 0.392. The van der Waals surface area contributed by atoms with E-state index < -0.39 is 0 Å². The lowest BCUT2D eigenvalue weighted by molar-refractivity contribution is -0.128. The predicted octanol–water partition coefficient (Wildman–Crippen LogP) is 2.76. The van der Waals surface area contributed by atoms with Crippen LogP contribution in [0.2, 0.25) is 0 Å². The highest BCUT2D eigenvalue weighted by Gasteiger charge is 2.17. The molecule has 0 aliphatic heterocycles. The number of methoxy groups -OCH3 is 1. The van der Waals surface area contributed by atoms with Gasteiger partial charge in [0.2, 0.25) is 5.91 Å². The third-order valence-corrected chi connectivity index (χ3v) is 4.45. The molecule has 1 N–H and O–H groups in total. The Morgan fingerprint density at radius 1 is 1.07 bits per heavy atom. The van der Waals surface area contributed by atoms with Gasteiger partial charge < -0.3 is 15.0 Å². The first-order valence-electron chi connectivity index (χ1n) is 9.28. The van der Waals surface area contributed by atoms with Gasteiger partial charge in [-0.15, -0.1) is 0 Å². The molecular weight excluding hydrogens is 368 g/mol. The van der Waals surface area contributed by atoms with Crippen LogP contribution in [0.25, 0.3) is 16.9 Å². The van der Waals surface area contributed by atoms with Gasteiger partial charge in [0.25, 0.3) is 5.91 Å². The Bertz CT molecular complexity index is 979. The van der Waals surface area contributed by atoms with Crippen LogP contribution in [0.4, 0.5) is 0 Å². The molecule has 3 rings (SSSR count). The zero-order valence-electron chi connectivity index (χ0n) is 16.8. The molecule has 0 aliphatic carbocycles. The average Bonchev–Trinajstić information content (AvgIpc) is 3.20. The molecule has 29 heavy (non-hydrogen) atoms. The van der Waals surface area contributed by atoms with E-state index in [4.69, 9.17) is 4.74 Å². The van der Waals surface area contributed by atoms with Gasteiger partial charge in [-0.05, 0) is 42.5 Å². The summed E-state index contributed by atoms with van der Waals surface area (Å²) in [4.78, 5) is 25.8. The van der Waals surface area contributed by atoms with Crippen LogP contribution in [0, 0.1) is 0 Å². The number of carbonyl (C=O) groups is 2. The molecular formula is C22H24N4O3. The summed E-state index contributed by atoms with van der Waals surface area (Å²) >= 11 is 0. The molecule has 2 amide bonds. The molecule has 7 heteroatoms. The highest BCUT2D eigenvalue weighted by molar-refractivity contribution is 5.94. The quantitative estimate of drug-likeness (QED) is 0.671. The molecule has 0 aliphatic rings. The van der Waals surface area contributed by atoms with E-state index in [2.05, 4.69) is 10.4 Å². The number of ether oxygens (including phenoxy) is 1. The van der Waals surface area contributed by atoms with Gasteiger partial charge in [-0.3, -0.25) is 9.59 Å². The van der Waals surface area contributed by atoms with Crippen molar-refractivity contribution in [1.82, 2.24) is 20.0 Å². The molecule has 0 fully saturated rings. The van der Waals surface area contributed by atoms with Gasteiger partial charge in [-0.1, -0.05) is 18.2 Å². The Morgan fingerprint density at radius 2 is 1.76 bits per heavy atom. The van der Waals surface area contributed by atoms with Crippen LogP contribution in [-0.2, 0) is 4.79 Å². The molecule has 150 valence electrons. The van der Waals surface area contributed by atoms with E-state index in [1.807, 2.05) is 54.6 Å². The van der Waals surface area contributed by atoms with Crippen LogP contribution in [0.1, 0.15) is 16.9 Å². The molecule has 0 spiro atoms. The van der Waals surface area contributed by atoms with Gasteiger partial charge in [-0.2, -0.15) is 5.10 Å². The van der Waals surface area contributed by atoms with E-state index in [-0.39, 0.29) is 30.5 Å². The smallest absolute Gasteiger partial charge is 0.271 e. The predicted molar refractivity (Wildman–Crippen MR) is 111 cm³/mol. The van der Waals surface area contributed by atoms with Gasteiger partial charge in [0.05, 0.1) is 18.5 Å². The Morgan fingerprint density at radius 3 is 2.38 bits per heavy atom. The SMILES string of the molecule is COc1ccc(-c2cc(C(=O)NCCC(=O)N(C)C)nn2-c2ccccc2)cc1. The number of amides is 2. The maximum Gasteiger partial charge on any atom is 0.271 e. The number of nitrogens with zero attached hydrogens (tertiary/aromatic N) is 3. The number of carbonyl (C=O) groups excluding carboxylic acids is 2.